The van der Waals surface area contributed by atoms with Gasteiger partial charge < -0.3 is 19.7 Å². The smallest absolute Gasteiger partial charge is 0.319 e. The van der Waals surface area contributed by atoms with Gasteiger partial charge in [-0.3, -0.25) is 14.3 Å². The van der Waals surface area contributed by atoms with E-state index in [4.69, 9.17) is 33.0 Å². The zero-order chi connectivity index (χ0) is 23.3. The second kappa shape index (κ2) is 9.90. The molecule has 0 aliphatic heterocycles. The number of halogens is 2. The van der Waals surface area contributed by atoms with Crippen LogP contribution in [0.3, 0.4) is 0 Å². The maximum atomic E-state index is 12.5. The number of hydrogen-bond donors (Lipinski definition) is 3. The first-order chi connectivity index (χ1) is 15.1. The summed E-state index contributed by atoms with van der Waals surface area (Å²) in [6.07, 6.45) is -1.86. The Morgan fingerprint density at radius 2 is 1.75 bits per heavy atom. The van der Waals surface area contributed by atoms with Crippen molar-refractivity contribution in [2.24, 2.45) is 0 Å². The number of aliphatic carboxylic acids is 1. The van der Waals surface area contributed by atoms with Crippen LogP contribution in [-0.2, 0) is 24.3 Å². The maximum Gasteiger partial charge on any atom is 0.319 e. The molecule has 0 amide bonds. The minimum atomic E-state index is -3.96. The fourth-order valence-electron chi connectivity index (χ4n) is 2.49. The van der Waals surface area contributed by atoms with E-state index in [1.807, 2.05) is 0 Å². The molecule has 3 N–H and O–H groups in total. The Kier molecular flexibility index (Phi) is 7.23. The Bertz CT molecular complexity index is 1210. The van der Waals surface area contributed by atoms with E-state index in [1.165, 1.54) is 30.3 Å². The van der Waals surface area contributed by atoms with Crippen molar-refractivity contribution in [3.05, 3.63) is 70.4 Å². The normalized spacial score (nSPS) is 12.1. The van der Waals surface area contributed by atoms with Crippen molar-refractivity contribution >= 4 is 56.7 Å². The lowest BCUT2D eigenvalue weighted by Crippen LogP contribution is -2.20. The first kappa shape index (κ1) is 23.4. The number of rotatable bonds is 9. The minimum Gasteiger partial charge on any atom is -0.481 e. The highest BCUT2D eigenvalue weighted by atomic mass is 35.5. The van der Waals surface area contributed by atoms with Crippen LogP contribution in [0.25, 0.3) is 0 Å². The van der Waals surface area contributed by atoms with Gasteiger partial charge in [0, 0.05) is 22.3 Å². The molecular weight excluding hydrogens is 485 g/mol. The van der Waals surface area contributed by atoms with Crippen molar-refractivity contribution < 1.29 is 32.4 Å². The molecule has 1 unspecified atom stereocenters. The third-order valence-electron chi connectivity index (χ3n) is 3.90. The number of anilines is 2. The van der Waals surface area contributed by atoms with Gasteiger partial charge in [0.15, 0.2) is 12.0 Å². The molecular formula is C19H15Cl2N3O7S. The largest absolute Gasteiger partial charge is 0.481 e. The molecule has 0 radical (unpaired) electrons. The first-order valence-corrected chi connectivity index (χ1v) is 11.0. The molecule has 32 heavy (non-hydrogen) atoms. The summed E-state index contributed by atoms with van der Waals surface area (Å²) in [7, 11) is -3.96. The van der Waals surface area contributed by atoms with Crippen LogP contribution < -0.4 is 10.0 Å². The molecule has 3 aromatic rings. The number of nitrogens with zero attached hydrogens (tertiary/aromatic N) is 1. The highest BCUT2D eigenvalue weighted by molar-refractivity contribution is 7.92. The van der Waals surface area contributed by atoms with Gasteiger partial charge in [-0.1, -0.05) is 28.9 Å². The van der Waals surface area contributed by atoms with E-state index in [0.717, 1.165) is 0 Å². The highest BCUT2D eigenvalue weighted by Gasteiger charge is 2.20. The fraction of sp³-hybridized carbons (Fsp3) is 0.105. The third-order valence-corrected chi connectivity index (χ3v) is 5.70. The number of ether oxygens (including phenoxy) is 1. The standard InChI is InChI=1S/C19H15Cl2N3O7S/c20-12-3-1-11(2-4-12)19(30-18(27)10-17(25)26)22-13-5-7-14(8-6-13)32(28,29)24-16-9-15(21)31-23-16/h1-9,19,22H,10H2,(H,23,24)(H,25,26). The number of nitrogens with one attached hydrogen (secondary N) is 2. The molecule has 2 aromatic carbocycles. The average molecular weight is 500 g/mol. The number of benzene rings is 2. The summed E-state index contributed by atoms with van der Waals surface area (Å²) in [4.78, 5) is 22.6. The molecule has 0 spiro atoms. The van der Waals surface area contributed by atoms with Crippen LogP contribution in [-0.4, -0.2) is 30.6 Å². The molecule has 0 saturated heterocycles. The van der Waals surface area contributed by atoms with Crippen LogP contribution in [0.2, 0.25) is 10.2 Å². The van der Waals surface area contributed by atoms with Crippen molar-refractivity contribution in [3.8, 4) is 0 Å². The van der Waals surface area contributed by atoms with Crippen molar-refractivity contribution in [1.29, 1.82) is 0 Å². The van der Waals surface area contributed by atoms with E-state index in [1.54, 1.807) is 24.3 Å². The van der Waals surface area contributed by atoms with Gasteiger partial charge in [0.1, 0.15) is 6.42 Å². The third kappa shape index (κ3) is 6.36. The van der Waals surface area contributed by atoms with Crippen LogP contribution in [0.5, 0.6) is 0 Å². The molecule has 0 saturated carbocycles. The lowest BCUT2D eigenvalue weighted by molar-refractivity contribution is -0.154. The van der Waals surface area contributed by atoms with Crippen LogP contribution >= 0.6 is 23.2 Å². The van der Waals surface area contributed by atoms with E-state index in [-0.39, 0.29) is 15.9 Å². The summed E-state index contributed by atoms with van der Waals surface area (Å²) in [5, 5.41) is 15.5. The van der Waals surface area contributed by atoms with Crippen LogP contribution in [0.4, 0.5) is 11.5 Å². The van der Waals surface area contributed by atoms with Gasteiger partial charge in [0.2, 0.25) is 5.22 Å². The zero-order valence-electron chi connectivity index (χ0n) is 16.0. The topological polar surface area (TPSA) is 148 Å². The summed E-state index contributed by atoms with van der Waals surface area (Å²) >= 11 is 11.5. The number of carbonyl (C=O) groups excluding carboxylic acids is 1. The van der Waals surface area contributed by atoms with E-state index >= 15 is 0 Å². The molecule has 1 heterocycles. The minimum absolute atomic E-state index is 0.0758. The molecule has 168 valence electrons. The van der Waals surface area contributed by atoms with Crippen LogP contribution in [0.1, 0.15) is 18.2 Å². The van der Waals surface area contributed by atoms with Gasteiger partial charge in [-0.15, -0.1) is 0 Å². The monoisotopic (exact) mass is 499 g/mol. The second-order valence-electron chi connectivity index (χ2n) is 6.28. The number of hydrogen-bond acceptors (Lipinski definition) is 8. The second-order valence-corrected chi connectivity index (χ2v) is 8.77. The molecule has 0 bridgehead atoms. The Labute approximate surface area is 192 Å². The van der Waals surface area contributed by atoms with Gasteiger partial charge in [-0.05, 0) is 48.0 Å². The van der Waals surface area contributed by atoms with Gasteiger partial charge in [0.25, 0.3) is 10.0 Å². The quantitative estimate of drug-likeness (QED) is 0.226. The van der Waals surface area contributed by atoms with Crippen molar-refractivity contribution in [3.63, 3.8) is 0 Å². The SMILES string of the molecule is O=C(O)CC(=O)OC(Nc1ccc(S(=O)(=O)Nc2cc(Cl)on2)cc1)c1ccc(Cl)cc1. The van der Waals surface area contributed by atoms with Crippen molar-refractivity contribution in [2.75, 3.05) is 10.0 Å². The summed E-state index contributed by atoms with van der Waals surface area (Å²) < 4.78 is 37.0. The lowest BCUT2D eigenvalue weighted by Gasteiger charge is -2.21. The fourth-order valence-corrected chi connectivity index (χ4v) is 3.74. The van der Waals surface area contributed by atoms with Crippen molar-refractivity contribution in [1.82, 2.24) is 5.16 Å². The van der Waals surface area contributed by atoms with E-state index < -0.39 is 34.6 Å². The van der Waals surface area contributed by atoms with Gasteiger partial charge >= 0.3 is 11.9 Å². The Hall–Kier alpha value is -3.28. The number of sulfonamides is 1. The zero-order valence-corrected chi connectivity index (χ0v) is 18.3. The summed E-state index contributed by atoms with van der Waals surface area (Å²) in [5.41, 5.74) is 0.894. The molecule has 10 nitrogen and oxygen atoms in total. The number of carboxylic acid groups (broad SMARTS) is 1. The summed E-state index contributed by atoms with van der Waals surface area (Å²) in [6, 6.07) is 13.1. The predicted molar refractivity (Wildman–Crippen MR) is 115 cm³/mol. The Morgan fingerprint density at radius 3 is 2.31 bits per heavy atom. The highest BCUT2D eigenvalue weighted by Crippen LogP contribution is 2.25. The van der Waals surface area contributed by atoms with E-state index in [9.17, 15) is 18.0 Å². The average Bonchev–Trinajstić information content (AvgIpc) is 3.11. The number of aromatic nitrogens is 1. The molecule has 1 aromatic heterocycles. The molecule has 0 fully saturated rings. The Morgan fingerprint density at radius 1 is 1.09 bits per heavy atom. The van der Waals surface area contributed by atoms with Crippen molar-refractivity contribution in [2.45, 2.75) is 17.5 Å². The van der Waals surface area contributed by atoms with Gasteiger partial charge in [-0.2, -0.15) is 0 Å². The number of carboxylic acids is 1. The predicted octanol–water partition coefficient (Wildman–Crippen LogP) is 3.91. The first-order valence-electron chi connectivity index (χ1n) is 8.81. The lowest BCUT2D eigenvalue weighted by atomic mass is 10.2. The van der Waals surface area contributed by atoms with Gasteiger partial charge in [-0.25, -0.2) is 8.42 Å². The number of carbonyl (C=O) groups is 2. The Balaban J connectivity index is 1.77. The molecule has 13 heteroatoms. The molecule has 0 aliphatic carbocycles. The van der Waals surface area contributed by atoms with Gasteiger partial charge in [0.05, 0.1) is 4.90 Å². The summed E-state index contributed by atoms with van der Waals surface area (Å²) in [6.45, 7) is 0. The van der Waals surface area contributed by atoms with Crippen LogP contribution in [0.15, 0.2) is 64.0 Å². The molecule has 3 rings (SSSR count). The van der Waals surface area contributed by atoms with E-state index in [0.29, 0.717) is 16.3 Å². The van der Waals surface area contributed by atoms with Crippen LogP contribution in [0, 0.1) is 0 Å². The summed E-state index contributed by atoms with van der Waals surface area (Å²) in [5.74, 6) is -2.37. The molecule has 1 atom stereocenters. The molecule has 0 aliphatic rings. The van der Waals surface area contributed by atoms with E-state index in [2.05, 4.69) is 19.7 Å². The number of esters is 1. The maximum absolute atomic E-state index is 12.5.